The molecule has 8 heteroatoms. The van der Waals surface area contributed by atoms with Crippen LogP contribution in [0.25, 0.3) is 0 Å². The van der Waals surface area contributed by atoms with E-state index in [1.54, 1.807) is 33.3 Å². The van der Waals surface area contributed by atoms with Crippen LogP contribution in [-0.4, -0.2) is 51.9 Å². The molecule has 1 heterocycles. The summed E-state index contributed by atoms with van der Waals surface area (Å²) >= 11 is 0. The van der Waals surface area contributed by atoms with E-state index in [0.29, 0.717) is 19.3 Å². The lowest BCUT2D eigenvalue weighted by Gasteiger charge is -2.37. The first-order chi connectivity index (χ1) is 12.7. The summed E-state index contributed by atoms with van der Waals surface area (Å²) in [6.45, 7) is 5.47. The van der Waals surface area contributed by atoms with E-state index < -0.39 is 23.2 Å². The molecule has 0 radical (unpaired) electrons. The van der Waals surface area contributed by atoms with Gasteiger partial charge in [0.1, 0.15) is 5.60 Å². The number of aliphatic hydroxyl groups excluding tert-OH is 1. The molecule has 2 amide bonds. The molecule has 1 aliphatic rings. The molecule has 0 spiro atoms. The summed E-state index contributed by atoms with van der Waals surface area (Å²) in [5.74, 6) is -0.128. The second-order valence-electron chi connectivity index (χ2n) is 8.33. The summed E-state index contributed by atoms with van der Waals surface area (Å²) in [6.07, 6.45) is 7.57. The van der Waals surface area contributed by atoms with Crippen molar-refractivity contribution >= 4 is 12.0 Å². The number of carbonyl (C=O) groups is 2. The number of hydrogen-bond donors (Lipinski definition) is 4. The number of nitrogens with zero attached hydrogens (tertiary/aromatic N) is 1. The largest absolute Gasteiger partial charge is 0.444 e. The molecule has 0 saturated heterocycles. The highest BCUT2D eigenvalue weighted by molar-refractivity contribution is 5.84. The molecule has 4 N–H and O–H groups in total. The van der Waals surface area contributed by atoms with Crippen LogP contribution in [0.5, 0.6) is 0 Å². The molecule has 0 aliphatic heterocycles. The van der Waals surface area contributed by atoms with Crippen molar-refractivity contribution < 1.29 is 19.4 Å². The number of hydrogen-bond acceptors (Lipinski definition) is 5. The predicted molar refractivity (Wildman–Crippen MR) is 101 cm³/mol. The van der Waals surface area contributed by atoms with Gasteiger partial charge in [0.2, 0.25) is 5.91 Å². The van der Waals surface area contributed by atoms with Gasteiger partial charge < -0.3 is 25.5 Å². The number of ether oxygens (including phenoxy) is 1. The van der Waals surface area contributed by atoms with Gasteiger partial charge in [0.25, 0.3) is 0 Å². The number of rotatable bonds is 7. The molecule has 27 heavy (non-hydrogen) atoms. The van der Waals surface area contributed by atoms with Gasteiger partial charge in [-0.3, -0.25) is 4.79 Å². The molecule has 1 fully saturated rings. The number of carbonyl (C=O) groups excluding carboxylic acids is 2. The third-order valence-corrected chi connectivity index (χ3v) is 4.84. The first kappa shape index (κ1) is 21.2. The van der Waals surface area contributed by atoms with Crippen LogP contribution < -0.4 is 10.6 Å². The second-order valence-corrected chi connectivity index (χ2v) is 8.33. The minimum Gasteiger partial charge on any atom is -0.444 e. The van der Waals surface area contributed by atoms with E-state index >= 15 is 0 Å². The number of alkyl carbamates (subject to hydrolysis) is 1. The zero-order chi connectivity index (χ0) is 19.9. The van der Waals surface area contributed by atoms with Crippen molar-refractivity contribution in [3.8, 4) is 0 Å². The maximum atomic E-state index is 13.1. The SMILES string of the molecule is CC(C)(C)OC(=O)NCC1(C(=O)N[C@H](CO)Cc2cnc[nH]2)CCCCC1. The Balaban J connectivity index is 2.00. The lowest BCUT2D eigenvalue weighted by Crippen LogP contribution is -2.53. The normalized spacial score (nSPS) is 17.8. The summed E-state index contributed by atoms with van der Waals surface area (Å²) in [4.78, 5) is 32.1. The number of aromatic amines is 1. The standard InChI is InChI=1S/C19H32N4O4/c1-18(2,3)27-17(26)21-12-19(7-5-4-6-8-19)16(25)23-15(11-24)9-14-10-20-13-22-14/h10,13,15,24H,4-9,11-12H2,1-3H3,(H,20,22)(H,21,26)(H,23,25)/t15-/m0/s1. The smallest absolute Gasteiger partial charge is 0.407 e. The first-order valence-corrected chi connectivity index (χ1v) is 9.60. The van der Waals surface area contributed by atoms with Crippen molar-refractivity contribution in [2.45, 2.75) is 70.9 Å². The molecular weight excluding hydrogens is 348 g/mol. The Bertz CT molecular complexity index is 604. The molecule has 2 rings (SSSR count). The molecule has 0 aromatic carbocycles. The second kappa shape index (κ2) is 9.21. The van der Waals surface area contributed by atoms with Gasteiger partial charge >= 0.3 is 6.09 Å². The van der Waals surface area contributed by atoms with Crippen LogP contribution >= 0.6 is 0 Å². The van der Waals surface area contributed by atoms with Gasteiger partial charge in [0, 0.05) is 24.9 Å². The summed E-state index contributed by atoms with van der Waals surface area (Å²) in [5, 5.41) is 15.4. The summed E-state index contributed by atoms with van der Waals surface area (Å²) in [5.41, 5.74) is -0.409. The Morgan fingerprint density at radius 2 is 2.04 bits per heavy atom. The van der Waals surface area contributed by atoms with E-state index in [1.165, 1.54) is 0 Å². The lowest BCUT2D eigenvalue weighted by atomic mass is 9.73. The van der Waals surface area contributed by atoms with Gasteiger partial charge in [-0.15, -0.1) is 0 Å². The molecule has 0 bridgehead atoms. The number of nitrogens with one attached hydrogen (secondary N) is 3. The van der Waals surface area contributed by atoms with Crippen LogP contribution in [0.4, 0.5) is 4.79 Å². The Hall–Kier alpha value is -2.09. The average Bonchev–Trinajstić information content (AvgIpc) is 3.11. The predicted octanol–water partition coefficient (Wildman–Crippen LogP) is 1.90. The van der Waals surface area contributed by atoms with Crippen LogP contribution in [0.1, 0.15) is 58.6 Å². The molecule has 1 atom stereocenters. The van der Waals surface area contributed by atoms with E-state index in [0.717, 1.165) is 25.0 Å². The highest BCUT2D eigenvalue weighted by Gasteiger charge is 2.40. The molecule has 1 aromatic rings. The third-order valence-electron chi connectivity index (χ3n) is 4.84. The van der Waals surface area contributed by atoms with Gasteiger partial charge in [0.05, 0.1) is 24.4 Å². The van der Waals surface area contributed by atoms with Crippen LogP contribution in [0.15, 0.2) is 12.5 Å². The zero-order valence-electron chi connectivity index (χ0n) is 16.5. The van der Waals surface area contributed by atoms with Crippen molar-refractivity contribution in [2.24, 2.45) is 5.41 Å². The molecular formula is C19H32N4O4. The Morgan fingerprint density at radius 1 is 1.33 bits per heavy atom. The first-order valence-electron chi connectivity index (χ1n) is 9.60. The van der Waals surface area contributed by atoms with E-state index in [4.69, 9.17) is 4.74 Å². The number of aliphatic hydroxyl groups is 1. The summed E-state index contributed by atoms with van der Waals surface area (Å²) in [7, 11) is 0. The molecule has 8 nitrogen and oxygen atoms in total. The summed E-state index contributed by atoms with van der Waals surface area (Å²) in [6, 6.07) is -0.404. The summed E-state index contributed by atoms with van der Waals surface area (Å²) < 4.78 is 5.29. The van der Waals surface area contributed by atoms with E-state index in [-0.39, 0.29) is 19.1 Å². The fourth-order valence-electron chi connectivity index (χ4n) is 3.43. The van der Waals surface area contributed by atoms with Crippen LogP contribution in [0, 0.1) is 5.41 Å². The fourth-order valence-corrected chi connectivity index (χ4v) is 3.43. The van der Waals surface area contributed by atoms with Crippen molar-refractivity contribution in [1.82, 2.24) is 20.6 Å². The third kappa shape index (κ3) is 6.53. The van der Waals surface area contributed by atoms with Crippen molar-refractivity contribution in [3.63, 3.8) is 0 Å². The van der Waals surface area contributed by atoms with E-state index in [2.05, 4.69) is 20.6 Å². The Kier molecular flexibility index (Phi) is 7.24. The minimum absolute atomic E-state index is 0.128. The molecule has 0 unspecified atom stereocenters. The minimum atomic E-state index is -0.670. The fraction of sp³-hybridized carbons (Fsp3) is 0.737. The molecule has 1 aromatic heterocycles. The number of amides is 2. The highest BCUT2D eigenvalue weighted by Crippen LogP contribution is 2.36. The van der Waals surface area contributed by atoms with Crippen LogP contribution in [0.3, 0.4) is 0 Å². The van der Waals surface area contributed by atoms with Crippen molar-refractivity contribution in [3.05, 3.63) is 18.2 Å². The van der Waals surface area contributed by atoms with Crippen LogP contribution in [0.2, 0.25) is 0 Å². The number of H-pyrrole nitrogens is 1. The topological polar surface area (TPSA) is 116 Å². The Morgan fingerprint density at radius 3 is 2.59 bits per heavy atom. The van der Waals surface area contributed by atoms with Crippen LogP contribution in [-0.2, 0) is 16.0 Å². The van der Waals surface area contributed by atoms with E-state index in [9.17, 15) is 14.7 Å². The van der Waals surface area contributed by atoms with Crippen molar-refractivity contribution in [2.75, 3.05) is 13.2 Å². The lowest BCUT2D eigenvalue weighted by molar-refractivity contribution is -0.133. The van der Waals surface area contributed by atoms with Gasteiger partial charge in [-0.2, -0.15) is 0 Å². The molecule has 152 valence electrons. The average molecular weight is 380 g/mol. The van der Waals surface area contributed by atoms with Gasteiger partial charge in [-0.25, -0.2) is 9.78 Å². The molecule has 1 aliphatic carbocycles. The number of aromatic nitrogens is 2. The maximum absolute atomic E-state index is 13.1. The zero-order valence-corrected chi connectivity index (χ0v) is 16.5. The quantitative estimate of drug-likeness (QED) is 0.576. The maximum Gasteiger partial charge on any atom is 0.407 e. The van der Waals surface area contributed by atoms with Gasteiger partial charge in [0.15, 0.2) is 0 Å². The molecule has 1 saturated carbocycles. The monoisotopic (exact) mass is 380 g/mol. The van der Waals surface area contributed by atoms with Crippen molar-refractivity contribution in [1.29, 1.82) is 0 Å². The number of imidazole rings is 1. The van der Waals surface area contributed by atoms with Gasteiger partial charge in [-0.05, 0) is 33.6 Å². The highest BCUT2D eigenvalue weighted by atomic mass is 16.6. The van der Waals surface area contributed by atoms with E-state index in [1.807, 2.05) is 0 Å². The van der Waals surface area contributed by atoms with Gasteiger partial charge in [-0.1, -0.05) is 19.3 Å². The Labute approximate surface area is 160 Å².